The van der Waals surface area contributed by atoms with Gasteiger partial charge in [0.25, 0.3) is 0 Å². The molecule has 1 fully saturated rings. The molecule has 1 aliphatic rings. The number of carbonyl (C=O) groups is 2. The third kappa shape index (κ3) is 4.47. The fourth-order valence-electron chi connectivity index (χ4n) is 3.50. The van der Waals surface area contributed by atoms with Crippen LogP contribution in [0.5, 0.6) is 0 Å². The van der Waals surface area contributed by atoms with Gasteiger partial charge in [0.15, 0.2) is 0 Å². The van der Waals surface area contributed by atoms with E-state index in [1.165, 1.54) is 0 Å². The minimum Gasteiger partial charge on any atom is -0.469 e. The van der Waals surface area contributed by atoms with E-state index < -0.39 is 5.54 Å². The highest BCUT2D eigenvalue weighted by Gasteiger charge is 2.38. The Morgan fingerprint density at radius 1 is 1.35 bits per heavy atom. The smallest absolute Gasteiger partial charge is 0.220 e. The third-order valence-corrected chi connectivity index (χ3v) is 5.25. The molecular weight excluding hydrogens is 352 g/mol. The van der Waals surface area contributed by atoms with E-state index in [2.05, 4.69) is 10.6 Å². The Morgan fingerprint density at radius 3 is 2.81 bits per heavy atom. The van der Waals surface area contributed by atoms with Gasteiger partial charge in [0.1, 0.15) is 5.76 Å². The summed E-state index contributed by atoms with van der Waals surface area (Å²) >= 11 is 6.19. The van der Waals surface area contributed by atoms with E-state index in [4.69, 9.17) is 16.0 Å². The summed E-state index contributed by atoms with van der Waals surface area (Å²) in [4.78, 5) is 24.2. The minimum absolute atomic E-state index is 0.0291. The molecule has 0 saturated carbocycles. The molecule has 2 unspecified atom stereocenters. The Kier molecular flexibility index (Phi) is 5.67. The Balaban J connectivity index is 1.59. The first-order chi connectivity index (χ1) is 12.5. The number of hydrogen-bond donors (Lipinski definition) is 2. The van der Waals surface area contributed by atoms with Crippen LogP contribution in [0.2, 0.25) is 5.02 Å². The number of halogens is 1. The van der Waals surface area contributed by atoms with Crippen LogP contribution in [0.3, 0.4) is 0 Å². The Hall–Kier alpha value is -2.27. The average Bonchev–Trinajstić information content (AvgIpc) is 3.24. The number of nitrogens with one attached hydrogen (secondary N) is 2. The maximum absolute atomic E-state index is 12.4. The zero-order valence-corrected chi connectivity index (χ0v) is 15.5. The largest absolute Gasteiger partial charge is 0.469 e. The van der Waals surface area contributed by atoms with E-state index in [1.807, 2.05) is 43.3 Å². The Labute approximate surface area is 158 Å². The van der Waals surface area contributed by atoms with Crippen LogP contribution >= 0.6 is 11.6 Å². The molecule has 1 aromatic carbocycles. The van der Waals surface area contributed by atoms with Crippen LogP contribution < -0.4 is 10.6 Å². The van der Waals surface area contributed by atoms with Gasteiger partial charge in [-0.2, -0.15) is 0 Å². The number of amides is 2. The summed E-state index contributed by atoms with van der Waals surface area (Å²) < 4.78 is 5.43. The molecule has 138 valence electrons. The van der Waals surface area contributed by atoms with Gasteiger partial charge in [-0.05, 0) is 43.5 Å². The lowest BCUT2D eigenvalue weighted by Gasteiger charge is -2.28. The molecule has 2 heterocycles. The summed E-state index contributed by atoms with van der Waals surface area (Å²) in [6, 6.07) is 11.0. The molecule has 2 aromatic rings. The fraction of sp³-hybridized carbons (Fsp3) is 0.400. The second kappa shape index (κ2) is 7.96. The molecular formula is C20H23ClN2O3. The monoisotopic (exact) mass is 374 g/mol. The summed E-state index contributed by atoms with van der Waals surface area (Å²) in [5, 5.41) is 6.68. The summed E-state index contributed by atoms with van der Waals surface area (Å²) in [7, 11) is 0. The number of benzene rings is 1. The topological polar surface area (TPSA) is 71.3 Å². The fourth-order valence-corrected chi connectivity index (χ4v) is 3.80. The van der Waals surface area contributed by atoms with Gasteiger partial charge in [0.2, 0.25) is 11.8 Å². The second-order valence-corrected chi connectivity index (χ2v) is 7.30. The molecule has 3 rings (SSSR count). The van der Waals surface area contributed by atoms with Crippen molar-refractivity contribution in [3.8, 4) is 0 Å². The number of rotatable bonds is 7. The van der Waals surface area contributed by atoms with Crippen molar-refractivity contribution >= 4 is 23.4 Å². The average molecular weight is 375 g/mol. The molecule has 0 bridgehead atoms. The summed E-state index contributed by atoms with van der Waals surface area (Å²) in [6.07, 6.45) is 4.31. The van der Waals surface area contributed by atoms with Crippen LogP contribution in [0.4, 0.5) is 0 Å². The van der Waals surface area contributed by atoms with Crippen LogP contribution in [0.1, 0.15) is 50.0 Å². The van der Waals surface area contributed by atoms with Gasteiger partial charge in [-0.1, -0.05) is 29.8 Å². The zero-order valence-electron chi connectivity index (χ0n) is 14.8. The molecule has 26 heavy (non-hydrogen) atoms. The molecule has 0 aliphatic carbocycles. The van der Waals surface area contributed by atoms with Gasteiger partial charge in [0.05, 0.1) is 12.3 Å². The number of hydrogen-bond acceptors (Lipinski definition) is 3. The van der Waals surface area contributed by atoms with E-state index in [1.54, 1.807) is 6.26 Å². The lowest BCUT2D eigenvalue weighted by Crippen LogP contribution is -2.44. The van der Waals surface area contributed by atoms with Crippen molar-refractivity contribution in [1.29, 1.82) is 0 Å². The summed E-state index contributed by atoms with van der Waals surface area (Å²) in [6.45, 7) is 1.91. The first-order valence-electron chi connectivity index (χ1n) is 8.85. The first-order valence-corrected chi connectivity index (χ1v) is 9.22. The van der Waals surface area contributed by atoms with Gasteiger partial charge >= 0.3 is 0 Å². The van der Waals surface area contributed by atoms with Crippen molar-refractivity contribution < 1.29 is 14.0 Å². The van der Waals surface area contributed by atoms with E-state index >= 15 is 0 Å². The molecule has 2 amide bonds. The summed E-state index contributed by atoms with van der Waals surface area (Å²) in [5.74, 6) is 0.788. The normalized spacial score (nSPS) is 20.6. The minimum atomic E-state index is -0.417. The maximum Gasteiger partial charge on any atom is 0.220 e. The van der Waals surface area contributed by atoms with Crippen molar-refractivity contribution in [3.63, 3.8) is 0 Å². The van der Waals surface area contributed by atoms with E-state index in [0.717, 1.165) is 11.3 Å². The highest BCUT2D eigenvalue weighted by molar-refractivity contribution is 6.31. The van der Waals surface area contributed by atoms with Crippen LogP contribution in [0.15, 0.2) is 47.1 Å². The summed E-state index contributed by atoms with van der Waals surface area (Å²) in [5.41, 5.74) is 0.474. The van der Waals surface area contributed by atoms with Gasteiger partial charge in [0, 0.05) is 29.8 Å². The van der Waals surface area contributed by atoms with Gasteiger partial charge < -0.3 is 15.1 Å². The first kappa shape index (κ1) is 18.5. The Morgan fingerprint density at radius 2 is 2.15 bits per heavy atom. The van der Waals surface area contributed by atoms with Gasteiger partial charge in [-0.25, -0.2) is 0 Å². The van der Waals surface area contributed by atoms with Gasteiger partial charge in [-0.15, -0.1) is 0 Å². The molecule has 1 saturated heterocycles. The number of furan rings is 1. The van der Waals surface area contributed by atoms with Crippen molar-refractivity contribution in [2.75, 3.05) is 0 Å². The molecule has 2 N–H and O–H groups in total. The van der Waals surface area contributed by atoms with Crippen LogP contribution in [0, 0.1) is 0 Å². The third-order valence-electron chi connectivity index (χ3n) is 4.91. The van der Waals surface area contributed by atoms with E-state index in [-0.39, 0.29) is 17.9 Å². The Bertz CT molecular complexity index is 775. The van der Waals surface area contributed by atoms with Crippen molar-refractivity contribution in [1.82, 2.24) is 10.6 Å². The van der Waals surface area contributed by atoms with Gasteiger partial charge in [-0.3, -0.25) is 9.59 Å². The number of carbonyl (C=O) groups excluding carboxylic acids is 2. The SMILES string of the molecule is CC(NC(=O)CCC1(Cc2ccco2)CCC(=O)N1)c1ccccc1Cl. The van der Waals surface area contributed by atoms with Crippen LogP contribution in [-0.2, 0) is 16.0 Å². The van der Waals surface area contributed by atoms with Crippen LogP contribution in [0.25, 0.3) is 0 Å². The zero-order chi connectivity index (χ0) is 18.6. The predicted octanol–water partition coefficient (Wildman–Crippen LogP) is 3.78. The standard InChI is InChI=1S/C20H23ClN2O3/c1-14(16-6-2-3-7-17(16)21)22-18(24)8-10-20(11-9-19(25)23-20)13-15-5-4-12-26-15/h2-7,12,14H,8-11,13H2,1H3,(H,22,24)(H,23,25). The lowest BCUT2D eigenvalue weighted by atomic mass is 9.87. The van der Waals surface area contributed by atoms with E-state index in [0.29, 0.717) is 37.1 Å². The highest BCUT2D eigenvalue weighted by Crippen LogP contribution is 2.30. The van der Waals surface area contributed by atoms with Crippen molar-refractivity contribution in [2.45, 2.75) is 50.6 Å². The maximum atomic E-state index is 12.4. The molecule has 0 spiro atoms. The molecule has 2 atom stereocenters. The molecule has 6 heteroatoms. The second-order valence-electron chi connectivity index (χ2n) is 6.90. The lowest BCUT2D eigenvalue weighted by molar-refractivity contribution is -0.123. The quantitative estimate of drug-likeness (QED) is 0.774. The molecule has 1 aliphatic heterocycles. The molecule has 5 nitrogen and oxygen atoms in total. The predicted molar refractivity (Wildman–Crippen MR) is 99.8 cm³/mol. The molecule has 1 aromatic heterocycles. The molecule has 0 radical (unpaired) electrons. The van der Waals surface area contributed by atoms with E-state index in [9.17, 15) is 9.59 Å². The van der Waals surface area contributed by atoms with Crippen molar-refractivity contribution in [2.24, 2.45) is 0 Å². The van der Waals surface area contributed by atoms with Crippen LogP contribution in [-0.4, -0.2) is 17.4 Å². The van der Waals surface area contributed by atoms with Crippen molar-refractivity contribution in [3.05, 3.63) is 59.0 Å². The highest BCUT2D eigenvalue weighted by atomic mass is 35.5.